The van der Waals surface area contributed by atoms with E-state index in [1.807, 2.05) is 0 Å². The van der Waals surface area contributed by atoms with Gasteiger partial charge in [-0.3, -0.25) is 9.59 Å². The van der Waals surface area contributed by atoms with Gasteiger partial charge in [0.2, 0.25) is 0 Å². The van der Waals surface area contributed by atoms with Crippen LogP contribution in [0.15, 0.2) is 0 Å². The van der Waals surface area contributed by atoms with Crippen molar-refractivity contribution in [3.63, 3.8) is 0 Å². The lowest BCUT2D eigenvalue weighted by Gasteiger charge is -2.22. The lowest BCUT2D eigenvalue weighted by atomic mass is 9.87. The molecule has 1 aliphatic rings. The molecule has 0 radical (unpaired) electrons. The van der Waals surface area contributed by atoms with Crippen molar-refractivity contribution in [2.24, 2.45) is 5.92 Å². The van der Waals surface area contributed by atoms with Gasteiger partial charge >= 0.3 is 6.18 Å². The van der Waals surface area contributed by atoms with Crippen molar-refractivity contribution >= 4 is 11.6 Å². The Morgan fingerprint density at radius 3 is 1.83 bits per heavy atom. The molecule has 1 aliphatic carbocycles. The van der Waals surface area contributed by atoms with Crippen LogP contribution in [0.3, 0.4) is 0 Å². The van der Waals surface area contributed by atoms with E-state index in [0.29, 0.717) is 0 Å². The number of rotatable bonds is 0. The number of alkyl halides is 3. The molecule has 0 bridgehead atoms. The van der Waals surface area contributed by atoms with Crippen molar-refractivity contribution in [1.29, 1.82) is 0 Å². The number of carbonyl (C=O) groups is 2. The Morgan fingerprint density at radius 1 is 1.08 bits per heavy atom. The first-order chi connectivity index (χ1) is 5.39. The van der Waals surface area contributed by atoms with Gasteiger partial charge < -0.3 is 0 Å². The van der Waals surface area contributed by atoms with E-state index in [4.69, 9.17) is 0 Å². The second-order valence-electron chi connectivity index (χ2n) is 2.90. The summed E-state index contributed by atoms with van der Waals surface area (Å²) in [5, 5.41) is 0. The van der Waals surface area contributed by atoms with Gasteiger partial charge in [0.15, 0.2) is 0 Å². The molecule has 0 heterocycles. The van der Waals surface area contributed by atoms with Gasteiger partial charge in [0.1, 0.15) is 11.6 Å². The van der Waals surface area contributed by atoms with Gasteiger partial charge in [0.25, 0.3) is 0 Å². The van der Waals surface area contributed by atoms with E-state index in [2.05, 4.69) is 0 Å². The summed E-state index contributed by atoms with van der Waals surface area (Å²) in [6.07, 6.45) is -5.80. The minimum Gasteiger partial charge on any atom is -0.299 e. The van der Waals surface area contributed by atoms with Gasteiger partial charge in [-0.15, -0.1) is 0 Å². The first-order valence-corrected chi connectivity index (χ1v) is 3.49. The zero-order valence-corrected chi connectivity index (χ0v) is 6.15. The van der Waals surface area contributed by atoms with Gasteiger partial charge in [-0.05, 0) is 0 Å². The van der Waals surface area contributed by atoms with Crippen LogP contribution in [0, 0.1) is 5.92 Å². The molecular weight excluding hydrogens is 173 g/mol. The second-order valence-corrected chi connectivity index (χ2v) is 2.90. The first kappa shape index (κ1) is 9.22. The number of halogens is 3. The molecular formula is C7H7F3O2. The lowest BCUT2D eigenvalue weighted by molar-refractivity contribution is -0.185. The molecule has 0 aromatic carbocycles. The average molecular weight is 180 g/mol. The molecule has 0 aromatic rings. The molecule has 0 N–H and O–H groups in total. The van der Waals surface area contributed by atoms with Crippen LogP contribution in [-0.4, -0.2) is 17.7 Å². The van der Waals surface area contributed by atoms with Crippen LogP contribution >= 0.6 is 0 Å². The van der Waals surface area contributed by atoms with E-state index in [9.17, 15) is 22.8 Å². The van der Waals surface area contributed by atoms with Crippen LogP contribution in [0.4, 0.5) is 13.2 Å². The standard InChI is InChI=1S/C7H7F3O2/c8-7(9,10)4-1-5(11)3-6(12)2-4/h4H,1-3H2. The molecule has 1 saturated carbocycles. The number of hydrogen-bond donors (Lipinski definition) is 0. The molecule has 1 fully saturated rings. The minimum atomic E-state index is -4.41. The maximum absolute atomic E-state index is 12.0. The van der Waals surface area contributed by atoms with Crippen molar-refractivity contribution in [3.8, 4) is 0 Å². The number of carbonyl (C=O) groups excluding carboxylic acids is 2. The highest BCUT2D eigenvalue weighted by Crippen LogP contribution is 2.34. The fourth-order valence-corrected chi connectivity index (χ4v) is 1.22. The third-order valence-corrected chi connectivity index (χ3v) is 1.81. The Bertz CT molecular complexity index is 203. The number of Topliss-reactive ketones (excluding diaryl/α,β-unsaturated/α-hetero) is 2. The Balaban J connectivity index is 2.68. The highest BCUT2D eigenvalue weighted by Gasteiger charge is 2.44. The van der Waals surface area contributed by atoms with Gasteiger partial charge in [-0.1, -0.05) is 0 Å². The van der Waals surface area contributed by atoms with Crippen LogP contribution in [0.25, 0.3) is 0 Å². The lowest BCUT2D eigenvalue weighted by Crippen LogP contribution is -2.32. The van der Waals surface area contributed by atoms with E-state index in [-0.39, 0.29) is 6.42 Å². The van der Waals surface area contributed by atoms with Crippen molar-refractivity contribution < 1.29 is 22.8 Å². The smallest absolute Gasteiger partial charge is 0.299 e. The van der Waals surface area contributed by atoms with Gasteiger partial charge in [-0.25, -0.2) is 0 Å². The minimum absolute atomic E-state index is 0.327. The Kier molecular flexibility index (Phi) is 2.21. The summed E-state index contributed by atoms with van der Waals surface area (Å²) >= 11 is 0. The molecule has 1 rings (SSSR count). The highest BCUT2D eigenvalue weighted by atomic mass is 19.4. The van der Waals surface area contributed by atoms with Gasteiger partial charge in [0.05, 0.1) is 12.3 Å². The van der Waals surface area contributed by atoms with Crippen LogP contribution < -0.4 is 0 Å². The zero-order chi connectivity index (χ0) is 9.35. The predicted molar refractivity (Wildman–Crippen MR) is 33.4 cm³/mol. The Morgan fingerprint density at radius 2 is 1.50 bits per heavy atom. The Labute approximate surface area is 66.7 Å². The third-order valence-electron chi connectivity index (χ3n) is 1.81. The monoisotopic (exact) mass is 180 g/mol. The molecule has 0 amide bonds. The SMILES string of the molecule is O=C1CC(=O)CC(C(F)(F)F)C1. The quantitative estimate of drug-likeness (QED) is 0.529. The summed E-state index contributed by atoms with van der Waals surface area (Å²) in [4.78, 5) is 21.2. The summed E-state index contributed by atoms with van der Waals surface area (Å²) in [6, 6.07) is 0. The molecule has 0 spiro atoms. The number of ketones is 2. The normalized spacial score (nSPS) is 21.6. The maximum atomic E-state index is 12.0. The molecule has 2 nitrogen and oxygen atoms in total. The average Bonchev–Trinajstić information content (AvgIpc) is 1.82. The fraction of sp³-hybridized carbons (Fsp3) is 0.714. The summed E-state index contributed by atoms with van der Waals surface area (Å²) < 4.78 is 36.0. The number of hydrogen-bond acceptors (Lipinski definition) is 2. The summed E-state index contributed by atoms with van der Waals surface area (Å²) in [7, 11) is 0. The topological polar surface area (TPSA) is 34.1 Å². The summed E-state index contributed by atoms with van der Waals surface area (Å²) in [5.41, 5.74) is 0. The summed E-state index contributed by atoms with van der Waals surface area (Å²) in [5.74, 6) is -2.95. The van der Waals surface area contributed by atoms with Crippen molar-refractivity contribution in [1.82, 2.24) is 0 Å². The van der Waals surface area contributed by atoms with Crippen LogP contribution in [0.1, 0.15) is 19.3 Å². The Hall–Kier alpha value is -0.870. The van der Waals surface area contributed by atoms with E-state index in [1.54, 1.807) is 0 Å². The first-order valence-electron chi connectivity index (χ1n) is 3.49. The molecule has 12 heavy (non-hydrogen) atoms. The van der Waals surface area contributed by atoms with E-state index < -0.39 is 36.5 Å². The molecule has 68 valence electrons. The van der Waals surface area contributed by atoms with Gasteiger partial charge in [0, 0.05) is 12.8 Å². The highest BCUT2D eigenvalue weighted by molar-refractivity contribution is 6.01. The van der Waals surface area contributed by atoms with E-state index >= 15 is 0 Å². The molecule has 0 unspecified atom stereocenters. The largest absolute Gasteiger partial charge is 0.392 e. The molecule has 0 saturated heterocycles. The van der Waals surface area contributed by atoms with Crippen LogP contribution in [0.5, 0.6) is 0 Å². The van der Waals surface area contributed by atoms with Crippen LogP contribution in [0.2, 0.25) is 0 Å². The molecule has 0 aromatic heterocycles. The van der Waals surface area contributed by atoms with Gasteiger partial charge in [-0.2, -0.15) is 13.2 Å². The fourth-order valence-electron chi connectivity index (χ4n) is 1.22. The molecule has 0 atom stereocenters. The zero-order valence-electron chi connectivity index (χ0n) is 6.15. The van der Waals surface area contributed by atoms with Crippen molar-refractivity contribution in [2.45, 2.75) is 25.4 Å². The van der Waals surface area contributed by atoms with E-state index in [1.165, 1.54) is 0 Å². The van der Waals surface area contributed by atoms with Crippen LogP contribution in [-0.2, 0) is 9.59 Å². The molecule has 0 aliphatic heterocycles. The predicted octanol–water partition coefficient (Wildman–Crippen LogP) is 1.49. The van der Waals surface area contributed by atoms with E-state index in [0.717, 1.165) is 0 Å². The second kappa shape index (κ2) is 2.88. The third kappa shape index (κ3) is 2.06. The summed E-state index contributed by atoms with van der Waals surface area (Å²) in [6.45, 7) is 0. The van der Waals surface area contributed by atoms with Crippen molar-refractivity contribution in [2.75, 3.05) is 0 Å². The maximum Gasteiger partial charge on any atom is 0.392 e. The molecule has 5 heteroatoms. The van der Waals surface area contributed by atoms with Crippen molar-refractivity contribution in [3.05, 3.63) is 0 Å².